The fourth-order valence-electron chi connectivity index (χ4n) is 1.78. The Morgan fingerprint density at radius 2 is 1.53 bits per heavy atom. The van der Waals surface area contributed by atoms with Gasteiger partial charge < -0.3 is 4.52 Å². The van der Waals surface area contributed by atoms with Crippen molar-refractivity contribution < 1.29 is 22.3 Å². The molecule has 1 aromatic rings. The summed E-state index contributed by atoms with van der Waals surface area (Å²) in [7, 11) is -2.78. The summed E-state index contributed by atoms with van der Waals surface area (Å²) in [5, 5.41) is 0. The summed E-state index contributed by atoms with van der Waals surface area (Å²) in [5.41, 5.74) is -0.735. The van der Waals surface area contributed by atoms with Crippen molar-refractivity contribution in [3.05, 3.63) is 29.8 Å². The van der Waals surface area contributed by atoms with Crippen LogP contribution in [0.5, 0.6) is 5.75 Å². The molecule has 108 valence electrons. The lowest BCUT2D eigenvalue weighted by Gasteiger charge is -2.18. The van der Waals surface area contributed by atoms with E-state index in [1.807, 2.05) is 13.8 Å². The van der Waals surface area contributed by atoms with Crippen molar-refractivity contribution >= 4 is 7.37 Å². The van der Waals surface area contributed by atoms with Gasteiger partial charge in [-0.1, -0.05) is 13.8 Å². The third kappa shape index (κ3) is 4.90. The summed E-state index contributed by atoms with van der Waals surface area (Å²) in [6.07, 6.45) is -2.03. The predicted molar refractivity (Wildman–Crippen MR) is 70.0 cm³/mol. The minimum Gasteiger partial charge on any atom is -0.443 e. The first-order valence-electron chi connectivity index (χ1n) is 6.25. The first-order chi connectivity index (χ1) is 8.80. The van der Waals surface area contributed by atoms with Crippen molar-refractivity contribution in [1.82, 2.24) is 0 Å². The molecule has 0 amide bonds. The van der Waals surface area contributed by atoms with Crippen LogP contribution in [0.4, 0.5) is 13.2 Å². The highest BCUT2D eigenvalue weighted by Gasteiger charge is 2.30. The van der Waals surface area contributed by atoms with Gasteiger partial charge in [0.1, 0.15) is 5.75 Å². The van der Waals surface area contributed by atoms with E-state index in [2.05, 4.69) is 0 Å². The topological polar surface area (TPSA) is 26.3 Å². The maximum atomic E-state index is 12.4. The number of rotatable bonds is 6. The zero-order valence-corrected chi connectivity index (χ0v) is 11.9. The standard InChI is InChI=1S/C13H18F3O2P/c1-3-9-19(17,10-4-2)18-12-7-5-11(6-8-12)13(14,15)16/h5-8H,3-4,9-10H2,1-2H3. The molecule has 0 atom stereocenters. The second kappa shape index (κ2) is 6.47. The molecule has 0 saturated heterocycles. The van der Waals surface area contributed by atoms with Crippen LogP contribution in [-0.4, -0.2) is 12.3 Å². The van der Waals surface area contributed by atoms with Crippen molar-refractivity contribution in [2.45, 2.75) is 32.9 Å². The lowest BCUT2D eigenvalue weighted by molar-refractivity contribution is -0.137. The van der Waals surface area contributed by atoms with E-state index in [0.29, 0.717) is 12.3 Å². The van der Waals surface area contributed by atoms with Crippen molar-refractivity contribution in [3.8, 4) is 5.75 Å². The molecule has 6 heteroatoms. The molecule has 0 unspecified atom stereocenters. The fraction of sp³-hybridized carbons (Fsp3) is 0.538. The van der Waals surface area contributed by atoms with Gasteiger partial charge in [0.25, 0.3) is 0 Å². The zero-order chi connectivity index (χ0) is 14.5. The molecule has 0 aliphatic rings. The smallest absolute Gasteiger partial charge is 0.416 e. The first-order valence-corrected chi connectivity index (χ1v) is 8.25. The Morgan fingerprint density at radius 3 is 1.89 bits per heavy atom. The van der Waals surface area contributed by atoms with Crippen LogP contribution in [-0.2, 0) is 10.7 Å². The van der Waals surface area contributed by atoms with Gasteiger partial charge in [0.2, 0.25) is 7.37 Å². The van der Waals surface area contributed by atoms with Gasteiger partial charge in [-0.2, -0.15) is 13.2 Å². The van der Waals surface area contributed by atoms with Crippen molar-refractivity contribution in [1.29, 1.82) is 0 Å². The Labute approximate surface area is 111 Å². The summed E-state index contributed by atoms with van der Waals surface area (Å²) < 4.78 is 55.1. The molecule has 0 spiro atoms. The van der Waals surface area contributed by atoms with Crippen LogP contribution in [0.1, 0.15) is 32.3 Å². The van der Waals surface area contributed by atoms with Gasteiger partial charge in [-0.25, -0.2) is 0 Å². The van der Waals surface area contributed by atoms with Crippen LogP contribution in [0.2, 0.25) is 0 Å². The molecule has 0 radical (unpaired) electrons. The summed E-state index contributed by atoms with van der Waals surface area (Å²) >= 11 is 0. The molecule has 1 rings (SSSR count). The van der Waals surface area contributed by atoms with Crippen molar-refractivity contribution in [2.75, 3.05) is 12.3 Å². The Morgan fingerprint density at radius 1 is 1.05 bits per heavy atom. The van der Waals surface area contributed by atoms with E-state index >= 15 is 0 Å². The van der Waals surface area contributed by atoms with Crippen molar-refractivity contribution in [3.63, 3.8) is 0 Å². The Bertz CT molecular complexity index is 430. The Kier molecular flexibility index (Phi) is 5.48. The zero-order valence-electron chi connectivity index (χ0n) is 11.0. The van der Waals surface area contributed by atoms with Gasteiger partial charge in [0.05, 0.1) is 5.56 Å². The molecule has 0 heterocycles. The van der Waals surface area contributed by atoms with Gasteiger partial charge in [-0.05, 0) is 37.1 Å². The minimum atomic E-state index is -4.37. The normalized spacial score (nSPS) is 12.5. The van der Waals surface area contributed by atoms with E-state index in [4.69, 9.17) is 4.52 Å². The maximum absolute atomic E-state index is 12.4. The molecule has 0 saturated carbocycles. The van der Waals surface area contributed by atoms with Crippen LogP contribution in [0.15, 0.2) is 24.3 Å². The van der Waals surface area contributed by atoms with Gasteiger partial charge in [0.15, 0.2) is 0 Å². The number of hydrogen-bond acceptors (Lipinski definition) is 2. The van der Waals surface area contributed by atoms with E-state index in [-0.39, 0.29) is 5.75 Å². The van der Waals surface area contributed by atoms with E-state index < -0.39 is 19.1 Å². The average Bonchev–Trinajstić information content (AvgIpc) is 2.28. The summed E-state index contributed by atoms with van der Waals surface area (Å²) in [6.45, 7) is 3.80. The fourth-order valence-corrected chi connectivity index (χ4v) is 4.06. The molecule has 0 N–H and O–H groups in total. The molecule has 2 nitrogen and oxygen atoms in total. The molecule has 0 bridgehead atoms. The van der Waals surface area contributed by atoms with E-state index in [0.717, 1.165) is 25.0 Å². The number of halogens is 3. The van der Waals surface area contributed by atoms with E-state index in [1.54, 1.807) is 0 Å². The summed E-state index contributed by atoms with van der Waals surface area (Å²) in [6, 6.07) is 4.33. The third-order valence-corrected chi connectivity index (χ3v) is 5.38. The van der Waals surface area contributed by atoms with Gasteiger partial charge in [-0.3, -0.25) is 4.57 Å². The second-order valence-corrected chi connectivity index (χ2v) is 7.08. The molecule has 0 aliphatic carbocycles. The van der Waals surface area contributed by atoms with Crippen molar-refractivity contribution in [2.24, 2.45) is 0 Å². The van der Waals surface area contributed by atoms with Crippen LogP contribution < -0.4 is 4.52 Å². The SMILES string of the molecule is CCCP(=O)(CCC)Oc1ccc(C(F)(F)F)cc1. The monoisotopic (exact) mass is 294 g/mol. The molecule has 0 aliphatic heterocycles. The minimum absolute atomic E-state index is 0.234. The van der Waals surface area contributed by atoms with Gasteiger partial charge in [0, 0.05) is 12.3 Å². The van der Waals surface area contributed by atoms with Gasteiger partial charge in [-0.15, -0.1) is 0 Å². The van der Waals surface area contributed by atoms with E-state index in [9.17, 15) is 17.7 Å². The molecule has 0 fully saturated rings. The first kappa shape index (κ1) is 16.1. The largest absolute Gasteiger partial charge is 0.443 e. The number of alkyl halides is 3. The number of benzene rings is 1. The Hall–Kier alpha value is -0.960. The lowest BCUT2D eigenvalue weighted by Crippen LogP contribution is -2.05. The number of hydrogen-bond donors (Lipinski definition) is 0. The highest BCUT2D eigenvalue weighted by atomic mass is 31.2. The average molecular weight is 294 g/mol. The highest BCUT2D eigenvalue weighted by Crippen LogP contribution is 2.48. The highest BCUT2D eigenvalue weighted by molar-refractivity contribution is 7.59. The predicted octanol–water partition coefficient (Wildman–Crippen LogP) is 5.18. The lowest BCUT2D eigenvalue weighted by atomic mass is 10.2. The van der Waals surface area contributed by atoms with Crippen LogP contribution in [0.25, 0.3) is 0 Å². The second-order valence-electron chi connectivity index (χ2n) is 4.38. The summed E-state index contributed by atoms with van der Waals surface area (Å²) in [5.74, 6) is 0.234. The quantitative estimate of drug-likeness (QED) is 0.675. The van der Waals surface area contributed by atoms with Crippen LogP contribution >= 0.6 is 7.37 Å². The van der Waals surface area contributed by atoms with Gasteiger partial charge >= 0.3 is 6.18 Å². The van der Waals surface area contributed by atoms with E-state index in [1.165, 1.54) is 12.1 Å². The maximum Gasteiger partial charge on any atom is 0.416 e. The molecular formula is C13H18F3O2P. The third-order valence-electron chi connectivity index (χ3n) is 2.58. The Balaban J connectivity index is 2.84. The molecule has 1 aromatic carbocycles. The molecule has 0 aromatic heterocycles. The van der Waals surface area contributed by atoms with Crippen LogP contribution in [0, 0.1) is 0 Å². The van der Waals surface area contributed by atoms with Crippen LogP contribution in [0.3, 0.4) is 0 Å². The molecule has 19 heavy (non-hydrogen) atoms. The molecular weight excluding hydrogens is 276 g/mol. The summed E-state index contributed by atoms with van der Waals surface area (Å²) in [4.78, 5) is 0.